The predicted octanol–water partition coefficient (Wildman–Crippen LogP) is 3.65. The average Bonchev–Trinajstić information content (AvgIpc) is 2.62. The number of halogens is 1. The number of rotatable bonds is 7. The van der Waals surface area contributed by atoms with E-state index in [4.69, 9.17) is 14.2 Å². The number of carbonyl (C=O) groups is 2. The second-order valence-corrected chi connectivity index (χ2v) is 5.81. The van der Waals surface area contributed by atoms with E-state index in [1.165, 1.54) is 7.11 Å². The summed E-state index contributed by atoms with van der Waals surface area (Å²) in [6.45, 7) is 2.14. The molecule has 0 saturated heterocycles. The quantitative estimate of drug-likeness (QED) is 0.708. The third-order valence-corrected chi connectivity index (χ3v) is 3.66. The maximum absolute atomic E-state index is 12.2. The summed E-state index contributed by atoms with van der Waals surface area (Å²) in [6, 6.07) is 12.0. The van der Waals surface area contributed by atoms with Crippen LogP contribution in [0.1, 0.15) is 17.3 Å². The number of amides is 1. The molecule has 0 aliphatic heterocycles. The summed E-state index contributed by atoms with van der Waals surface area (Å²) in [6.07, 6.45) is 0. The molecule has 0 spiro atoms. The van der Waals surface area contributed by atoms with Crippen molar-refractivity contribution in [2.75, 3.05) is 25.6 Å². The van der Waals surface area contributed by atoms with E-state index in [0.29, 0.717) is 28.3 Å². The summed E-state index contributed by atoms with van der Waals surface area (Å²) < 4.78 is 16.4. The minimum absolute atomic E-state index is 0.221. The molecule has 0 unspecified atom stereocenters. The number of carbonyl (C=O) groups excluding carboxylic acids is 2. The molecule has 0 aliphatic rings. The van der Waals surface area contributed by atoms with Gasteiger partial charge in [0.1, 0.15) is 0 Å². The molecule has 2 rings (SSSR count). The van der Waals surface area contributed by atoms with Crippen molar-refractivity contribution in [3.05, 3.63) is 52.5 Å². The summed E-state index contributed by atoms with van der Waals surface area (Å²) >= 11 is 3.28. The van der Waals surface area contributed by atoms with Gasteiger partial charge in [0.05, 0.1) is 25.0 Å². The highest BCUT2D eigenvalue weighted by molar-refractivity contribution is 9.10. The van der Waals surface area contributed by atoms with Gasteiger partial charge in [0.25, 0.3) is 5.91 Å². The molecule has 0 bridgehead atoms. The number of benzene rings is 2. The van der Waals surface area contributed by atoms with Gasteiger partial charge in [0.2, 0.25) is 0 Å². The zero-order valence-corrected chi connectivity index (χ0v) is 15.5. The summed E-state index contributed by atoms with van der Waals surface area (Å²) in [5, 5.41) is 2.65. The van der Waals surface area contributed by atoms with E-state index in [9.17, 15) is 9.59 Å². The molecule has 2 aromatic carbocycles. The number of hydrogen-bond acceptors (Lipinski definition) is 5. The Balaban J connectivity index is 2.05. The van der Waals surface area contributed by atoms with E-state index < -0.39 is 11.9 Å². The number of ether oxygens (including phenoxy) is 3. The molecule has 0 aliphatic carbocycles. The van der Waals surface area contributed by atoms with Crippen molar-refractivity contribution in [2.45, 2.75) is 6.92 Å². The first-order chi connectivity index (χ1) is 12.0. The molecule has 2 aromatic rings. The van der Waals surface area contributed by atoms with E-state index >= 15 is 0 Å². The van der Waals surface area contributed by atoms with Crippen LogP contribution in [0, 0.1) is 0 Å². The second-order valence-electron chi connectivity index (χ2n) is 4.90. The Labute approximate surface area is 154 Å². The van der Waals surface area contributed by atoms with Gasteiger partial charge in [0, 0.05) is 4.47 Å². The number of nitrogens with one attached hydrogen (secondary N) is 1. The molecule has 0 radical (unpaired) electrons. The fourth-order valence-corrected chi connectivity index (χ4v) is 2.44. The first kappa shape index (κ1) is 18.8. The maximum Gasteiger partial charge on any atom is 0.340 e. The van der Waals surface area contributed by atoms with E-state index in [-0.39, 0.29) is 12.2 Å². The molecule has 0 saturated carbocycles. The van der Waals surface area contributed by atoms with E-state index in [1.807, 2.05) is 13.0 Å². The summed E-state index contributed by atoms with van der Waals surface area (Å²) in [5.74, 6) is 0.0955. The van der Waals surface area contributed by atoms with Crippen LogP contribution in [0.5, 0.6) is 11.5 Å². The van der Waals surface area contributed by atoms with Gasteiger partial charge in [0.15, 0.2) is 18.1 Å². The lowest BCUT2D eigenvalue weighted by molar-refractivity contribution is -0.118. The van der Waals surface area contributed by atoms with Crippen molar-refractivity contribution in [3.63, 3.8) is 0 Å². The number of esters is 1. The van der Waals surface area contributed by atoms with Gasteiger partial charge in [-0.05, 0) is 37.3 Å². The fraction of sp³-hybridized carbons (Fsp3) is 0.222. The van der Waals surface area contributed by atoms with Gasteiger partial charge < -0.3 is 19.5 Å². The average molecular weight is 408 g/mol. The zero-order chi connectivity index (χ0) is 18.2. The van der Waals surface area contributed by atoms with Crippen LogP contribution in [0.3, 0.4) is 0 Å². The highest BCUT2D eigenvalue weighted by Crippen LogP contribution is 2.26. The molecule has 1 N–H and O–H groups in total. The van der Waals surface area contributed by atoms with Gasteiger partial charge in [-0.2, -0.15) is 0 Å². The lowest BCUT2D eigenvalue weighted by Gasteiger charge is -2.13. The Morgan fingerprint density at radius 3 is 2.40 bits per heavy atom. The molecule has 132 valence electrons. The molecular formula is C18H18BrNO5. The van der Waals surface area contributed by atoms with Crippen LogP contribution in [-0.2, 0) is 9.53 Å². The highest BCUT2D eigenvalue weighted by Gasteiger charge is 2.15. The first-order valence-electron chi connectivity index (χ1n) is 7.57. The molecule has 1 amide bonds. The summed E-state index contributed by atoms with van der Waals surface area (Å²) in [5.41, 5.74) is 0.599. The fourth-order valence-electron chi connectivity index (χ4n) is 2.08. The number of hydrogen-bond donors (Lipinski definition) is 1. The third kappa shape index (κ3) is 5.22. The SMILES string of the molecule is CCOc1ccccc1OCC(=O)Nc1ccc(Br)cc1C(=O)OC. The second kappa shape index (κ2) is 9.08. The largest absolute Gasteiger partial charge is 0.490 e. The van der Waals surface area contributed by atoms with Gasteiger partial charge in [-0.3, -0.25) is 4.79 Å². The van der Waals surface area contributed by atoms with Crippen molar-refractivity contribution in [1.29, 1.82) is 0 Å². The predicted molar refractivity (Wildman–Crippen MR) is 97.2 cm³/mol. The molecule has 0 aromatic heterocycles. The minimum Gasteiger partial charge on any atom is -0.490 e. The van der Waals surface area contributed by atoms with Gasteiger partial charge in [-0.25, -0.2) is 4.79 Å². The van der Waals surface area contributed by atoms with E-state index in [2.05, 4.69) is 21.2 Å². The summed E-state index contributed by atoms with van der Waals surface area (Å²) in [4.78, 5) is 24.0. The highest BCUT2D eigenvalue weighted by atomic mass is 79.9. The Hall–Kier alpha value is -2.54. The lowest BCUT2D eigenvalue weighted by Crippen LogP contribution is -2.22. The van der Waals surface area contributed by atoms with Crippen molar-refractivity contribution in [2.24, 2.45) is 0 Å². The number of methoxy groups -OCH3 is 1. The van der Waals surface area contributed by atoms with Crippen molar-refractivity contribution >= 4 is 33.5 Å². The topological polar surface area (TPSA) is 73.9 Å². The van der Waals surface area contributed by atoms with Crippen LogP contribution < -0.4 is 14.8 Å². The Kier molecular flexibility index (Phi) is 6.82. The number of anilines is 1. The maximum atomic E-state index is 12.2. The molecule has 6 nitrogen and oxygen atoms in total. The monoisotopic (exact) mass is 407 g/mol. The molecule has 0 heterocycles. The van der Waals surface area contributed by atoms with Crippen molar-refractivity contribution in [3.8, 4) is 11.5 Å². The smallest absolute Gasteiger partial charge is 0.340 e. The Morgan fingerprint density at radius 1 is 1.08 bits per heavy atom. The van der Waals surface area contributed by atoms with Crippen molar-refractivity contribution in [1.82, 2.24) is 0 Å². The van der Waals surface area contributed by atoms with E-state index in [0.717, 1.165) is 0 Å². The standard InChI is InChI=1S/C18H18BrNO5/c1-3-24-15-6-4-5-7-16(15)25-11-17(21)20-14-9-8-12(19)10-13(14)18(22)23-2/h4-10H,3,11H2,1-2H3,(H,20,21). The van der Waals surface area contributed by atoms with E-state index in [1.54, 1.807) is 36.4 Å². The molecule has 7 heteroatoms. The normalized spacial score (nSPS) is 10.0. The zero-order valence-electron chi connectivity index (χ0n) is 13.9. The van der Waals surface area contributed by atoms with Crippen molar-refractivity contribution < 1.29 is 23.8 Å². The Morgan fingerprint density at radius 2 is 1.76 bits per heavy atom. The Bertz CT molecular complexity index is 763. The number of para-hydroxylation sites is 2. The minimum atomic E-state index is -0.542. The van der Waals surface area contributed by atoms with Crippen LogP contribution in [-0.4, -0.2) is 32.2 Å². The molecule has 0 fully saturated rings. The van der Waals surface area contributed by atoms with Crippen LogP contribution in [0.2, 0.25) is 0 Å². The van der Waals surface area contributed by atoms with Crippen LogP contribution in [0.4, 0.5) is 5.69 Å². The van der Waals surface area contributed by atoms with Crippen LogP contribution in [0.25, 0.3) is 0 Å². The molecular weight excluding hydrogens is 390 g/mol. The van der Waals surface area contributed by atoms with Gasteiger partial charge in [-0.1, -0.05) is 28.1 Å². The molecule has 25 heavy (non-hydrogen) atoms. The van der Waals surface area contributed by atoms with Crippen LogP contribution >= 0.6 is 15.9 Å². The first-order valence-corrected chi connectivity index (χ1v) is 8.36. The third-order valence-electron chi connectivity index (χ3n) is 3.17. The van der Waals surface area contributed by atoms with Crippen LogP contribution in [0.15, 0.2) is 46.9 Å². The van der Waals surface area contributed by atoms with Gasteiger partial charge in [-0.15, -0.1) is 0 Å². The van der Waals surface area contributed by atoms with Gasteiger partial charge >= 0.3 is 5.97 Å². The lowest BCUT2D eigenvalue weighted by atomic mass is 10.2. The summed E-state index contributed by atoms with van der Waals surface area (Å²) in [7, 11) is 1.28. The molecule has 0 atom stereocenters.